The Morgan fingerprint density at radius 1 is 0.839 bits per heavy atom. The molecule has 2 N–H and O–H groups in total. The van der Waals surface area contributed by atoms with Gasteiger partial charge in [0.25, 0.3) is 0 Å². The second-order valence-corrected chi connectivity index (χ2v) is 6.65. The number of guanidine groups is 1. The van der Waals surface area contributed by atoms with E-state index in [4.69, 9.17) is 23.7 Å². The van der Waals surface area contributed by atoms with Crippen LogP contribution in [-0.4, -0.2) is 53.6 Å². The van der Waals surface area contributed by atoms with Crippen molar-refractivity contribution >= 4 is 5.96 Å². The highest BCUT2D eigenvalue weighted by atomic mass is 16.5. The number of ether oxygens (including phenoxy) is 5. The monoisotopic (exact) mass is 431 g/mol. The number of aliphatic imine (C=N–C) groups is 1. The molecular weight excluding hydrogens is 398 g/mol. The summed E-state index contributed by atoms with van der Waals surface area (Å²) in [5, 5.41) is 6.56. The summed E-state index contributed by atoms with van der Waals surface area (Å²) in [6.07, 6.45) is -0.101. The standard InChI is InChI=1S/C23H33N3O5/c1-7-24-23(25-14-16(2)31-19-11-9-8-10-18(19)27-3)26-15-17-12-13-20(28-4)22(30-6)21(17)29-5/h8-13,16H,7,14-15H2,1-6H3,(H2,24,25,26). The molecular formula is C23H33N3O5. The summed E-state index contributed by atoms with van der Waals surface area (Å²) in [5.74, 6) is 3.85. The Balaban J connectivity index is 2.07. The summed E-state index contributed by atoms with van der Waals surface area (Å²) in [6.45, 7) is 5.70. The fourth-order valence-corrected chi connectivity index (χ4v) is 3.01. The summed E-state index contributed by atoms with van der Waals surface area (Å²) in [5.41, 5.74) is 0.885. The molecule has 0 saturated heterocycles. The molecule has 0 aliphatic carbocycles. The summed E-state index contributed by atoms with van der Waals surface area (Å²) >= 11 is 0. The average Bonchev–Trinajstić information content (AvgIpc) is 2.80. The first-order chi connectivity index (χ1) is 15.1. The van der Waals surface area contributed by atoms with Crippen molar-refractivity contribution in [2.24, 2.45) is 4.99 Å². The van der Waals surface area contributed by atoms with Crippen molar-refractivity contribution in [3.05, 3.63) is 42.0 Å². The zero-order valence-corrected chi connectivity index (χ0v) is 19.2. The highest BCUT2D eigenvalue weighted by Crippen LogP contribution is 2.39. The summed E-state index contributed by atoms with van der Waals surface area (Å²) < 4.78 is 27.7. The van der Waals surface area contributed by atoms with Crippen LogP contribution >= 0.6 is 0 Å². The van der Waals surface area contributed by atoms with Gasteiger partial charge in [0, 0.05) is 12.1 Å². The lowest BCUT2D eigenvalue weighted by molar-refractivity contribution is 0.213. The molecule has 0 aliphatic heterocycles. The van der Waals surface area contributed by atoms with Crippen molar-refractivity contribution < 1.29 is 23.7 Å². The molecule has 31 heavy (non-hydrogen) atoms. The number of rotatable bonds is 11. The van der Waals surface area contributed by atoms with E-state index in [9.17, 15) is 0 Å². The van der Waals surface area contributed by atoms with Crippen molar-refractivity contribution in [3.63, 3.8) is 0 Å². The van der Waals surface area contributed by atoms with E-state index >= 15 is 0 Å². The minimum atomic E-state index is -0.101. The second kappa shape index (κ2) is 12.4. The van der Waals surface area contributed by atoms with Crippen LogP contribution in [0, 0.1) is 0 Å². The molecule has 0 fully saturated rings. The van der Waals surface area contributed by atoms with Gasteiger partial charge in [0.05, 0.1) is 41.5 Å². The van der Waals surface area contributed by atoms with E-state index in [1.807, 2.05) is 50.2 Å². The van der Waals surface area contributed by atoms with E-state index in [1.165, 1.54) is 0 Å². The van der Waals surface area contributed by atoms with Gasteiger partial charge < -0.3 is 34.3 Å². The van der Waals surface area contributed by atoms with E-state index in [0.29, 0.717) is 47.8 Å². The zero-order valence-electron chi connectivity index (χ0n) is 19.2. The lowest BCUT2D eigenvalue weighted by atomic mass is 10.1. The molecule has 0 bridgehead atoms. The van der Waals surface area contributed by atoms with Crippen molar-refractivity contribution in [2.75, 3.05) is 41.5 Å². The maximum Gasteiger partial charge on any atom is 0.203 e. The quantitative estimate of drug-likeness (QED) is 0.417. The minimum absolute atomic E-state index is 0.101. The van der Waals surface area contributed by atoms with Gasteiger partial charge in [-0.3, -0.25) is 0 Å². The van der Waals surface area contributed by atoms with Crippen LogP contribution in [0.25, 0.3) is 0 Å². The molecule has 0 spiro atoms. The number of nitrogens with one attached hydrogen (secondary N) is 2. The van der Waals surface area contributed by atoms with Gasteiger partial charge >= 0.3 is 0 Å². The first-order valence-corrected chi connectivity index (χ1v) is 10.2. The predicted molar refractivity (Wildman–Crippen MR) is 122 cm³/mol. The van der Waals surface area contributed by atoms with Gasteiger partial charge in [-0.2, -0.15) is 0 Å². The second-order valence-electron chi connectivity index (χ2n) is 6.65. The van der Waals surface area contributed by atoms with E-state index < -0.39 is 0 Å². The molecule has 0 aromatic heterocycles. The van der Waals surface area contributed by atoms with Gasteiger partial charge in [0.2, 0.25) is 5.75 Å². The summed E-state index contributed by atoms with van der Waals surface area (Å²) in [4.78, 5) is 4.67. The molecule has 8 heteroatoms. The lowest BCUT2D eigenvalue weighted by Crippen LogP contribution is -2.41. The average molecular weight is 432 g/mol. The van der Waals surface area contributed by atoms with E-state index in [1.54, 1.807) is 28.4 Å². The Kier molecular flexibility index (Phi) is 9.61. The largest absolute Gasteiger partial charge is 0.493 e. The van der Waals surface area contributed by atoms with Gasteiger partial charge in [-0.1, -0.05) is 12.1 Å². The van der Waals surface area contributed by atoms with Crippen LogP contribution in [0.5, 0.6) is 28.7 Å². The molecule has 0 amide bonds. The Bertz CT molecular complexity index is 857. The molecule has 0 saturated carbocycles. The molecule has 2 rings (SSSR count). The molecule has 8 nitrogen and oxygen atoms in total. The van der Waals surface area contributed by atoms with Gasteiger partial charge in [-0.25, -0.2) is 4.99 Å². The SMILES string of the molecule is CCNC(=NCc1ccc(OC)c(OC)c1OC)NCC(C)Oc1ccccc1OC. The molecule has 2 aromatic carbocycles. The van der Waals surface area contributed by atoms with Gasteiger partial charge in [-0.05, 0) is 38.1 Å². The zero-order chi connectivity index (χ0) is 22.6. The first kappa shape index (κ1) is 24.0. The van der Waals surface area contributed by atoms with Gasteiger partial charge in [0.15, 0.2) is 29.0 Å². The highest BCUT2D eigenvalue weighted by molar-refractivity contribution is 5.79. The Hall–Kier alpha value is -3.29. The van der Waals surface area contributed by atoms with Crippen LogP contribution in [0.4, 0.5) is 0 Å². The van der Waals surface area contributed by atoms with Gasteiger partial charge in [-0.15, -0.1) is 0 Å². The smallest absolute Gasteiger partial charge is 0.203 e. The van der Waals surface area contributed by atoms with Crippen molar-refractivity contribution in [2.45, 2.75) is 26.5 Å². The lowest BCUT2D eigenvalue weighted by Gasteiger charge is -2.19. The van der Waals surface area contributed by atoms with Crippen LogP contribution in [0.3, 0.4) is 0 Å². The third-order valence-corrected chi connectivity index (χ3v) is 4.49. The molecule has 0 aliphatic rings. The highest BCUT2D eigenvalue weighted by Gasteiger charge is 2.16. The number of hydrogen-bond acceptors (Lipinski definition) is 6. The van der Waals surface area contributed by atoms with E-state index in [2.05, 4.69) is 15.6 Å². The Morgan fingerprint density at radius 3 is 2.13 bits per heavy atom. The maximum atomic E-state index is 6.00. The van der Waals surface area contributed by atoms with Crippen molar-refractivity contribution in [1.82, 2.24) is 10.6 Å². The topological polar surface area (TPSA) is 82.6 Å². The Morgan fingerprint density at radius 2 is 1.52 bits per heavy atom. The van der Waals surface area contributed by atoms with Crippen LogP contribution in [-0.2, 0) is 6.54 Å². The molecule has 0 radical (unpaired) electrons. The fraction of sp³-hybridized carbons (Fsp3) is 0.435. The van der Waals surface area contributed by atoms with E-state index in [0.717, 1.165) is 12.1 Å². The van der Waals surface area contributed by atoms with Crippen molar-refractivity contribution in [1.29, 1.82) is 0 Å². The number of benzene rings is 2. The maximum absolute atomic E-state index is 6.00. The number of nitrogens with zero attached hydrogens (tertiary/aromatic N) is 1. The minimum Gasteiger partial charge on any atom is -0.493 e. The molecule has 2 aromatic rings. The molecule has 170 valence electrons. The summed E-state index contributed by atoms with van der Waals surface area (Å²) in [7, 11) is 6.41. The van der Waals surface area contributed by atoms with E-state index in [-0.39, 0.29) is 6.10 Å². The third-order valence-electron chi connectivity index (χ3n) is 4.49. The molecule has 0 heterocycles. The molecule has 1 unspecified atom stereocenters. The number of methoxy groups -OCH3 is 4. The third kappa shape index (κ3) is 6.60. The first-order valence-electron chi connectivity index (χ1n) is 10.2. The van der Waals surface area contributed by atoms with Gasteiger partial charge in [0.1, 0.15) is 6.10 Å². The van der Waals surface area contributed by atoms with Crippen LogP contribution < -0.4 is 34.3 Å². The van der Waals surface area contributed by atoms with Crippen LogP contribution in [0.2, 0.25) is 0 Å². The van der Waals surface area contributed by atoms with Crippen LogP contribution in [0.15, 0.2) is 41.4 Å². The summed E-state index contributed by atoms with van der Waals surface area (Å²) in [6, 6.07) is 11.3. The Labute approximate surface area is 184 Å². The normalized spacial score (nSPS) is 12.0. The fourth-order valence-electron chi connectivity index (χ4n) is 3.01. The number of hydrogen-bond donors (Lipinski definition) is 2. The van der Waals surface area contributed by atoms with Crippen LogP contribution in [0.1, 0.15) is 19.4 Å². The van der Waals surface area contributed by atoms with Crippen molar-refractivity contribution in [3.8, 4) is 28.7 Å². The number of para-hydroxylation sites is 2. The molecule has 1 atom stereocenters. The predicted octanol–water partition coefficient (Wildman–Crippen LogP) is 3.24.